The number of piperidine rings is 1. The molecular formula is C19H22ClN3O3S. The second-order valence-electron chi connectivity index (χ2n) is 6.37. The van der Waals surface area contributed by atoms with Crippen molar-refractivity contribution in [3.8, 4) is 16.9 Å². The molecule has 0 bridgehead atoms. The first-order valence-corrected chi connectivity index (χ1v) is 9.67. The SMILES string of the molecule is CCOc1ccc(-c2csc3ncn([C@@H]4CCNC[C@H]4O)c(=O)c23)cc1.Cl. The zero-order valence-corrected chi connectivity index (χ0v) is 16.6. The third kappa shape index (κ3) is 3.73. The van der Waals surface area contributed by atoms with Crippen molar-refractivity contribution in [1.29, 1.82) is 0 Å². The second-order valence-corrected chi connectivity index (χ2v) is 7.23. The van der Waals surface area contributed by atoms with Crippen molar-refractivity contribution in [2.45, 2.75) is 25.5 Å². The number of ether oxygens (including phenoxy) is 1. The highest BCUT2D eigenvalue weighted by Gasteiger charge is 2.26. The summed E-state index contributed by atoms with van der Waals surface area (Å²) in [5, 5.41) is 16.0. The predicted molar refractivity (Wildman–Crippen MR) is 110 cm³/mol. The van der Waals surface area contributed by atoms with Gasteiger partial charge >= 0.3 is 0 Å². The number of halogens is 1. The third-order valence-corrected chi connectivity index (χ3v) is 5.65. The number of aliphatic hydroxyl groups excluding tert-OH is 1. The third-order valence-electron chi connectivity index (χ3n) is 4.77. The first kappa shape index (κ1) is 19.8. The van der Waals surface area contributed by atoms with Gasteiger partial charge in [-0.05, 0) is 37.6 Å². The van der Waals surface area contributed by atoms with Crippen LogP contribution in [0, 0.1) is 0 Å². The van der Waals surface area contributed by atoms with Crippen molar-refractivity contribution in [2.75, 3.05) is 19.7 Å². The Morgan fingerprint density at radius 2 is 2.15 bits per heavy atom. The zero-order chi connectivity index (χ0) is 18.1. The molecule has 1 saturated heterocycles. The van der Waals surface area contributed by atoms with Crippen LogP contribution in [-0.4, -0.2) is 40.5 Å². The van der Waals surface area contributed by atoms with Crippen LogP contribution in [-0.2, 0) is 0 Å². The van der Waals surface area contributed by atoms with E-state index in [2.05, 4.69) is 10.3 Å². The monoisotopic (exact) mass is 407 g/mol. The predicted octanol–water partition coefficient (Wildman–Crippen LogP) is 2.84. The number of fused-ring (bicyclic) bond motifs is 1. The topological polar surface area (TPSA) is 76.4 Å². The summed E-state index contributed by atoms with van der Waals surface area (Å²) >= 11 is 1.46. The maximum atomic E-state index is 13.2. The number of thiophene rings is 1. The van der Waals surface area contributed by atoms with Crippen molar-refractivity contribution in [1.82, 2.24) is 14.9 Å². The number of aliphatic hydroxyl groups is 1. The van der Waals surface area contributed by atoms with Crippen molar-refractivity contribution in [3.63, 3.8) is 0 Å². The summed E-state index contributed by atoms with van der Waals surface area (Å²) in [5.41, 5.74) is 1.75. The van der Waals surface area contributed by atoms with E-state index in [9.17, 15) is 9.90 Å². The van der Waals surface area contributed by atoms with Gasteiger partial charge in [-0.1, -0.05) is 12.1 Å². The molecular weight excluding hydrogens is 386 g/mol. The van der Waals surface area contributed by atoms with Gasteiger partial charge in [-0.3, -0.25) is 9.36 Å². The molecule has 6 nitrogen and oxygen atoms in total. The van der Waals surface area contributed by atoms with Gasteiger partial charge < -0.3 is 15.2 Å². The largest absolute Gasteiger partial charge is 0.494 e. The molecule has 8 heteroatoms. The van der Waals surface area contributed by atoms with Gasteiger partial charge in [0.05, 0.1) is 30.5 Å². The van der Waals surface area contributed by atoms with Gasteiger partial charge in [0.1, 0.15) is 10.6 Å². The lowest BCUT2D eigenvalue weighted by molar-refractivity contribution is 0.0852. The fraction of sp³-hybridized carbons (Fsp3) is 0.368. The summed E-state index contributed by atoms with van der Waals surface area (Å²) < 4.78 is 7.09. The van der Waals surface area contributed by atoms with E-state index in [1.807, 2.05) is 36.6 Å². The molecule has 0 amide bonds. The Morgan fingerprint density at radius 1 is 1.37 bits per heavy atom. The van der Waals surface area contributed by atoms with Crippen molar-refractivity contribution in [2.24, 2.45) is 0 Å². The molecule has 2 N–H and O–H groups in total. The van der Waals surface area contributed by atoms with Gasteiger partial charge in [0, 0.05) is 17.5 Å². The summed E-state index contributed by atoms with van der Waals surface area (Å²) in [7, 11) is 0. The molecule has 0 radical (unpaired) electrons. The molecule has 4 rings (SSSR count). The lowest BCUT2D eigenvalue weighted by atomic mass is 10.0. The first-order chi connectivity index (χ1) is 12.7. The molecule has 2 aromatic heterocycles. The minimum absolute atomic E-state index is 0. The fourth-order valence-corrected chi connectivity index (χ4v) is 4.35. The van der Waals surface area contributed by atoms with Crippen LogP contribution in [0.1, 0.15) is 19.4 Å². The minimum atomic E-state index is -0.590. The average Bonchev–Trinajstić information content (AvgIpc) is 3.09. The van der Waals surface area contributed by atoms with Crippen LogP contribution in [0.3, 0.4) is 0 Å². The summed E-state index contributed by atoms with van der Waals surface area (Å²) in [5.74, 6) is 0.809. The average molecular weight is 408 g/mol. The van der Waals surface area contributed by atoms with E-state index in [4.69, 9.17) is 4.74 Å². The van der Waals surface area contributed by atoms with Crippen molar-refractivity contribution < 1.29 is 9.84 Å². The van der Waals surface area contributed by atoms with Gasteiger partial charge in [0.25, 0.3) is 5.56 Å². The van der Waals surface area contributed by atoms with E-state index in [1.165, 1.54) is 11.3 Å². The van der Waals surface area contributed by atoms with E-state index in [0.29, 0.717) is 25.0 Å². The standard InChI is InChI=1S/C19H21N3O3S.ClH/c1-2-25-13-5-3-12(4-6-13)14-10-26-18-17(14)19(24)22(11-21-18)15-7-8-20-9-16(15)23;/h3-6,10-11,15-16,20,23H,2,7-9H2,1H3;1H/t15-,16-;/m1./s1. The van der Waals surface area contributed by atoms with Crippen LogP contribution < -0.4 is 15.6 Å². The molecule has 1 aliphatic heterocycles. The number of aromatic nitrogens is 2. The summed E-state index contributed by atoms with van der Waals surface area (Å²) in [4.78, 5) is 18.4. The molecule has 0 aliphatic carbocycles. The fourth-order valence-electron chi connectivity index (χ4n) is 3.44. The number of nitrogens with zero attached hydrogens (tertiary/aromatic N) is 2. The molecule has 3 aromatic rings. The number of hydrogen-bond donors (Lipinski definition) is 2. The van der Waals surface area contributed by atoms with Crippen molar-refractivity contribution >= 4 is 34.0 Å². The highest BCUT2D eigenvalue weighted by molar-refractivity contribution is 7.17. The Bertz CT molecular complexity index is 970. The number of β-amino-alcohol motifs (C(OH)–C–C–N with tert-alkyl or cyclic N) is 1. The normalized spacial score (nSPS) is 19.6. The van der Waals surface area contributed by atoms with E-state index < -0.39 is 6.10 Å². The molecule has 2 atom stereocenters. The molecule has 1 fully saturated rings. The van der Waals surface area contributed by atoms with Crippen LogP contribution in [0.2, 0.25) is 0 Å². The lowest BCUT2D eigenvalue weighted by Crippen LogP contribution is -2.44. The molecule has 27 heavy (non-hydrogen) atoms. The van der Waals surface area contributed by atoms with Gasteiger partial charge in [0.2, 0.25) is 0 Å². The Kier molecular flexibility index (Phi) is 6.16. The van der Waals surface area contributed by atoms with E-state index in [0.717, 1.165) is 28.3 Å². The number of rotatable bonds is 4. The smallest absolute Gasteiger partial charge is 0.263 e. The van der Waals surface area contributed by atoms with Crippen molar-refractivity contribution in [3.05, 3.63) is 46.3 Å². The maximum absolute atomic E-state index is 13.2. The maximum Gasteiger partial charge on any atom is 0.263 e. The van der Waals surface area contributed by atoms with Crippen LogP contribution in [0.15, 0.2) is 40.8 Å². The summed E-state index contributed by atoms with van der Waals surface area (Å²) in [6.45, 7) is 3.84. The molecule has 0 unspecified atom stereocenters. The zero-order valence-electron chi connectivity index (χ0n) is 14.9. The van der Waals surface area contributed by atoms with E-state index >= 15 is 0 Å². The first-order valence-electron chi connectivity index (χ1n) is 8.79. The molecule has 0 saturated carbocycles. The Labute approximate surface area is 167 Å². The molecule has 144 valence electrons. The second kappa shape index (κ2) is 8.39. The molecule has 0 spiro atoms. The quantitative estimate of drug-likeness (QED) is 0.695. The van der Waals surface area contributed by atoms with Crippen LogP contribution in [0.5, 0.6) is 5.75 Å². The number of benzene rings is 1. The van der Waals surface area contributed by atoms with E-state index in [1.54, 1.807) is 10.9 Å². The van der Waals surface area contributed by atoms with Gasteiger partial charge in [-0.15, -0.1) is 23.7 Å². The highest BCUT2D eigenvalue weighted by atomic mass is 35.5. The van der Waals surface area contributed by atoms with Gasteiger partial charge in [-0.25, -0.2) is 4.98 Å². The molecule has 1 aliphatic rings. The summed E-state index contributed by atoms with van der Waals surface area (Å²) in [6.07, 6.45) is 1.69. The number of nitrogens with one attached hydrogen (secondary N) is 1. The minimum Gasteiger partial charge on any atom is -0.494 e. The molecule has 1 aromatic carbocycles. The molecule has 3 heterocycles. The highest BCUT2D eigenvalue weighted by Crippen LogP contribution is 2.32. The summed E-state index contributed by atoms with van der Waals surface area (Å²) in [6, 6.07) is 7.50. The van der Waals surface area contributed by atoms with Gasteiger partial charge in [-0.2, -0.15) is 0 Å². The van der Waals surface area contributed by atoms with Crippen LogP contribution >= 0.6 is 23.7 Å². The lowest BCUT2D eigenvalue weighted by Gasteiger charge is -2.29. The van der Waals surface area contributed by atoms with E-state index in [-0.39, 0.29) is 24.0 Å². The van der Waals surface area contributed by atoms with Gasteiger partial charge in [0.15, 0.2) is 0 Å². The Hall–Kier alpha value is -1.93. The van der Waals surface area contributed by atoms with Crippen LogP contribution in [0.25, 0.3) is 21.3 Å². The number of hydrogen-bond acceptors (Lipinski definition) is 6. The Morgan fingerprint density at radius 3 is 2.85 bits per heavy atom. The van der Waals surface area contributed by atoms with Crippen LogP contribution in [0.4, 0.5) is 0 Å². The Balaban J connectivity index is 0.00000210.